The zero-order chi connectivity index (χ0) is 19.3. The summed E-state index contributed by atoms with van der Waals surface area (Å²) in [5.74, 6) is 0.0276. The maximum atomic E-state index is 11.5. The molecule has 8 nitrogen and oxygen atoms in total. The van der Waals surface area contributed by atoms with Crippen molar-refractivity contribution in [1.82, 2.24) is 15.1 Å². The number of hydrogen-bond acceptors (Lipinski definition) is 6. The van der Waals surface area contributed by atoms with Gasteiger partial charge in [-0.25, -0.2) is 8.42 Å². The number of aromatic nitrogens is 2. The lowest BCUT2D eigenvalue weighted by molar-refractivity contribution is 0.100. The third-order valence-electron chi connectivity index (χ3n) is 3.60. The first-order chi connectivity index (χ1) is 12.2. The van der Waals surface area contributed by atoms with Gasteiger partial charge in [-0.3, -0.25) is 9.48 Å². The summed E-state index contributed by atoms with van der Waals surface area (Å²) in [6, 6.07) is 4.83. The van der Waals surface area contributed by atoms with E-state index in [-0.39, 0.29) is 5.75 Å². The number of nitrogens with zero attached hydrogens (tertiary/aromatic N) is 2. The summed E-state index contributed by atoms with van der Waals surface area (Å²) in [5.41, 5.74) is 6.89. The van der Waals surface area contributed by atoms with E-state index < -0.39 is 15.7 Å². The summed E-state index contributed by atoms with van der Waals surface area (Å²) >= 11 is 6.20. The predicted molar refractivity (Wildman–Crippen MR) is 100 cm³/mol. The third-order valence-corrected chi connectivity index (χ3v) is 4.82. The molecule has 0 bridgehead atoms. The van der Waals surface area contributed by atoms with E-state index in [0.717, 1.165) is 0 Å². The van der Waals surface area contributed by atoms with E-state index in [1.807, 2.05) is 0 Å². The number of hydrogen-bond donors (Lipinski definition) is 2. The van der Waals surface area contributed by atoms with Crippen LogP contribution in [0.3, 0.4) is 0 Å². The molecule has 0 spiro atoms. The predicted octanol–water partition coefficient (Wildman–Crippen LogP) is 0.852. The Bertz CT molecular complexity index is 876. The number of ether oxygens (including phenoxy) is 1. The number of nitrogens with two attached hydrogens (primary N) is 1. The average Bonchev–Trinajstić information content (AvgIpc) is 2.88. The highest BCUT2D eigenvalue weighted by molar-refractivity contribution is 7.90. The van der Waals surface area contributed by atoms with Crippen LogP contribution in [0.2, 0.25) is 5.02 Å². The summed E-state index contributed by atoms with van der Waals surface area (Å²) in [4.78, 5) is 11.5. The van der Waals surface area contributed by atoms with Crippen molar-refractivity contribution in [2.24, 2.45) is 12.8 Å². The minimum absolute atomic E-state index is 0.0657. The van der Waals surface area contributed by atoms with Crippen LogP contribution in [0.4, 0.5) is 0 Å². The number of benzene rings is 1. The fourth-order valence-electron chi connectivity index (χ4n) is 2.32. The molecule has 0 fully saturated rings. The van der Waals surface area contributed by atoms with Crippen LogP contribution in [0.1, 0.15) is 10.4 Å². The molecule has 2 aromatic rings. The van der Waals surface area contributed by atoms with E-state index in [1.165, 1.54) is 12.5 Å². The summed E-state index contributed by atoms with van der Waals surface area (Å²) in [5, 5.41) is 7.51. The smallest absolute Gasteiger partial charge is 0.248 e. The molecule has 1 aromatic heterocycles. The van der Waals surface area contributed by atoms with E-state index in [9.17, 15) is 13.2 Å². The monoisotopic (exact) mass is 400 g/mol. The standard InChI is InChI=1S/C16H21ClN4O4S/c1-21-15(13(17)10-20-21)12-9-11(16(18)22)3-4-14(12)25-7-5-19-6-8-26(2,23)24/h3-4,9-10,19H,5-8H2,1-2H3,(H2,18,22). The lowest BCUT2D eigenvalue weighted by Gasteiger charge is -2.14. The SMILES string of the molecule is Cn1ncc(Cl)c1-c1cc(C(N)=O)ccc1OCCNCCS(C)(=O)=O. The minimum atomic E-state index is -2.99. The van der Waals surface area contributed by atoms with Crippen molar-refractivity contribution in [2.75, 3.05) is 31.7 Å². The Morgan fingerprint density at radius 3 is 2.69 bits per heavy atom. The number of halogens is 1. The molecule has 1 aromatic carbocycles. The molecule has 3 N–H and O–H groups in total. The van der Waals surface area contributed by atoms with Gasteiger partial charge in [0, 0.05) is 37.5 Å². The first-order valence-corrected chi connectivity index (χ1v) is 10.3. The number of sulfone groups is 1. The highest BCUT2D eigenvalue weighted by Gasteiger charge is 2.16. The second-order valence-electron chi connectivity index (χ2n) is 5.77. The number of nitrogens with one attached hydrogen (secondary N) is 1. The maximum Gasteiger partial charge on any atom is 0.248 e. The third kappa shape index (κ3) is 5.45. The molecule has 0 aliphatic rings. The molecular formula is C16H21ClN4O4S. The Kier molecular flexibility index (Phi) is 6.63. The Morgan fingerprint density at radius 2 is 2.12 bits per heavy atom. The molecule has 10 heteroatoms. The molecule has 26 heavy (non-hydrogen) atoms. The van der Waals surface area contributed by atoms with Gasteiger partial charge in [-0.05, 0) is 18.2 Å². The summed E-state index contributed by atoms with van der Waals surface area (Å²) < 4.78 is 29.5. The molecule has 0 saturated heterocycles. The van der Waals surface area contributed by atoms with Gasteiger partial charge in [-0.1, -0.05) is 11.6 Å². The van der Waals surface area contributed by atoms with Crippen molar-refractivity contribution < 1.29 is 17.9 Å². The first kappa shape index (κ1) is 20.2. The molecular weight excluding hydrogens is 380 g/mol. The lowest BCUT2D eigenvalue weighted by atomic mass is 10.1. The van der Waals surface area contributed by atoms with Gasteiger partial charge in [0.1, 0.15) is 22.2 Å². The summed E-state index contributed by atoms with van der Waals surface area (Å²) in [6.45, 7) is 1.12. The Labute approximate surface area is 157 Å². The fraction of sp³-hybridized carbons (Fsp3) is 0.375. The molecule has 0 aliphatic carbocycles. The molecule has 1 amide bonds. The van der Waals surface area contributed by atoms with E-state index in [1.54, 1.807) is 29.9 Å². The second kappa shape index (κ2) is 8.52. The summed E-state index contributed by atoms with van der Waals surface area (Å²) in [6.07, 6.45) is 2.69. The molecule has 0 radical (unpaired) electrons. The van der Waals surface area contributed by atoms with Crippen molar-refractivity contribution in [2.45, 2.75) is 0 Å². The van der Waals surface area contributed by atoms with E-state index >= 15 is 0 Å². The molecule has 2 rings (SSSR count). The normalized spacial score (nSPS) is 11.5. The zero-order valence-corrected chi connectivity index (χ0v) is 16.1. The van der Waals surface area contributed by atoms with Crippen LogP contribution in [-0.4, -0.2) is 55.8 Å². The van der Waals surface area contributed by atoms with Crippen LogP contribution in [0.25, 0.3) is 11.3 Å². The Balaban J connectivity index is 2.12. The topological polar surface area (TPSA) is 116 Å². The fourth-order valence-corrected chi connectivity index (χ4v) is 3.11. The number of carbonyl (C=O) groups excluding carboxylic acids is 1. The Hall–Kier alpha value is -2.10. The molecule has 0 unspecified atom stereocenters. The van der Waals surface area contributed by atoms with Gasteiger partial charge in [0.15, 0.2) is 0 Å². The first-order valence-electron chi connectivity index (χ1n) is 7.82. The van der Waals surface area contributed by atoms with Crippen molar-refractivity contribution in [3.63, 3.8) is 0 Å². The van der Waals surface area contributed by atoms with Crippen LogP contribution in [-0.2, 0) is 16.9 Å². The zero-order valence-electron chi connectivity index (χ0n) is 14.5. The molecule has 142 valence electrons. The van der Waals surface area contributed by atoms with Gasteiger partial charge in [0.2, 0.25) is 5.91 Å². The van der Waals surface area contributed by atoms with Gasteiger partial charge < -0.3 is 15.8 Å². The van der Waals surface area contributed by atoms with Gasteiger partial charge in [-0.15, -0.1) is 0 Å². The van der Waals surface area contributed by atoms with Crippen molar-refractivity contribution in [1.29, 1.82) is 0 Å². The molecule has 0 atom stereocenters. The number of rotatable bonds is 9. The van der Waals surface area contributed by atoms with Gasteiger partial charge in [0.05, 0.1) is 22.7 Å². The van der Waals surface area contributed by atoms with E-state index in [4.69, 9.17) is 22.1 Å². The van der Waals surface area contributed by atoms with Crippen LogP contribution in [0.15, 0.2) is 24.4 Å². The minimum Gasteiger partial charge on any atom is -0.492 e. The average molecular weight is 401 g/mol. The number of primary amides is 1. The van der Waals surface area contributed by atoms with Gasteiger partial charge >= 0.3 is 0 Å². The lowest BCUT2D eigenvalue weighted by Crippen LogP contribution is -2.26. The van der Waals surface area contributed by atoms with Crippen LogP contribution < -0.4 is 15.8 Å². The highest BCUT2D eigenvalue weighted by atomic mass is 35.5. The van der Waals surface area contributed by atoms with Gasteiger partial charge in [0.25, 0.3) is 0 Å². The highest BCUT2D eigenvalue weighted by Crippen LogP contribution is 2.35. The van der Waals surface area contributed by atoms with Crippen molar-refractivity contribution in [3.8, 4) is 17.0 Å². The van der Waals surface area contributed by atoms with E-state index in [0.29, 0.717) is 47.3 Å². The number of amides is 1. The quantitative estimate of drug-likeness (QED) is 0.603. The second-order valence-corrected chi connectivity index (χ2v) is 8.44. The number of carbonyl (C=O) groups is 1. The molecule has 0 aliphatic heterocycles. The Morgan fingerprint density at radius 1 is 1.38 bits per heavy atom. The van der Waals surface area contributed by atoms with Crippen LogP contribution in [0.5, 0.6) is 5.75 Å². The largest absolute Gasteiger partial charge is 0.492 e. The maximum absolute atomic E-state index is 11.5. The van der Waals surface area contributed by atoms with Crippen molar-refractivity contribution in [3.05, 3.63) is 35.0 Å². The molecule has 1 heterocycles. The summed E-state index contributed by atoms with van der Waals surface area (Å²) in [7, 11) is -1.26. The van der Waals surface area contributed by atoms with Crippen molar-refractivity contribution >= 4 is 27.3 Å². The van der Waals surface area contributed by atoms with Gasteiger partial charge in [-0.2, -0.15) is 5.10 Å². The van der Waals surface area contributed by atoms with Crippen LogP contribution in [0, 0.1) is 0 Å². The molecule has 0 saturated carbocycles. The number of aryl methyl sites for hydroxylation is 1. The van der Waals surface area contributed by atoms with E-state index in [2.05, 4.69) is 10.4 Å². The van der Waals surface area contributed by atoms with Crippen LogP contribution >= 0.6 is 11.6 Å².